The van der Waals surface area contributed by atoms with Gasteiger partial charge in [0.25, 0.3) is 11.6 Å². The first-order valence-corrected chi connectivity index (χ1v) is 8.07. The van der Waals surface area contributed by atoms with Crippen LogP contribution in [0.15, 0.2) is 47.6 Å². The Balaban J connectivity index is 1.93. The topological polar surface area (TPSA) is 137 Å². The monoisotopic (exact) mass is 383 g/mol. The molecule has 1 heterocycles. The van der Waals surface area contributed by atoms with Crippen molar-refractivity contribution in [1.82, 2.24) is 10.3 Å². The lowest BCUT2D eigenvalue weighted by Gasteiger charge is -2.20. The molecule has 0 unspecified atom stereocenters. The minimum atomic E-state index is -1.29. The number of benzene rings is 2. The SMILES string of the molecule is COc1cc(/C=N\N2C(=O)N[C@@](C)(c3ccccc3)C2=O)cc([N+](=O)[O-])c1[O-]. The quantitative estimate of drug-likeness (QED) is 0.359. The zero-order valence-electron chi connectivity index (χ0n) is 14.9. The number of rotatable bonds is 5. The van der Waals surface area contributed by atoms with Crippen LogP contribution in [0.25, 0.3) is 0 Å². The van der Waals surface area contributed by atoms with Crippen molar-refractivity contribution in [2.75, 3.05) is 7.11 Å². The average molecular weight is 383 g/mol. The molecule has 0 bridgehead atoms. The Morgan fingerprint density at radius 2 is 1.93 bits per heavy atom. The zero-order valence-corrected chi connectivity index (χ0v) is 14.9. The van der Waals surface area contributed by atoms with Crippen molar-refractivity contribution in [3.8, 4) is 11.5 Å². The normalized spacial score (nSPS) is 19.1. The minimum absolute atomic E-state index is 0.122. The van der Waals surface area contributed by atoms with Crippen LogP contribution in [0.4, 0.5) is 10.5 Å². The number of urea groups is 1. The minimum Gasteiger partial charge on any atom is -0.865 e. The fourth-order valence-electron chi connectivity index (χ4n) is 2.79. The highest BCUT2D eigenvalue weighted by Crippen LogP contribution is 2.34. The summed E-state index contributed by atoms with van der Waals surface area (Å²) < 4.78 is 4.84. The van der Waals surface area contributed by atoms with Crippen LogP contribution in [-0.4, -0.2) is 35.2 Å². The summed E-state index contributed by atoms with van der Waals surface area (Å²) in [6.45, 7) is 1.55. The third-order valence-electron chi connectivity index (χ3n) is 4.32. The van der Waals surface area contributed by atoms with Crippen LogP contribution < -0.4 is 15.2 Å². The van der Waals surface area contributed by atoms with E-state index in [1.54, 1.807) is 37.3 Å². The molecule has 0 saturated carbocycles. The summed E-state index contributed by atoms with van der Waals surface area (Å²) in [7, 11) is 1.20. The number of hydrogen-bond donors (Lipinski definition) is 1. The molecule has 1 aliphatic heterocycles. The van der Waals surface area contributed by atoms with Gasteiger partial charge in [0.2, 0.25) is 0 Å². The molecular formula is C18H15N4O6-. The zero-order chi connectivity index (χ0) is 20.5. The van der Waals surface area contributed by atoms with E-state index in [4.69, 9.17) is 4.74 Å². The largest absolute Gasteiger partial charge is 0.865 e. The van der Waals surface area contributed by atoms with Gasteiger partial charge in [-0.3, -0.25) is 14.9 Å². The van der Waals surface area contributed by atoms with Gasteiger partial charge in [0, 0.05) is 17.4 Å². The van der Waals surface area contributed by atoms with Crippen LogP contribution in [0.2, 0.25) is 0 Å². The van der Waals surface area contributed by atoms with Crippen molar-refractivity contribution in [2.24, 2.45) is 5.10 Å². The molecule has 0 aromatic heterocycles. The molecule has 1 saturated heterocycles. The highest BCUT2D eigenvalue weighted by Gasteiger charge is 2.49. The maximum absolute atomic E-state index is 12.8. The summed E-state index contributed by atoms with van der Waals surface area (Å²) in [6.07, 6.45) is 1.07. The number of nitro groups is 1. The predicted molar refractivity (Wildman–Crippen MR) is 95.9 cm³/mol. The number of carbonyl (C=O) groups is 2. The molecule has 0 radical (unpaired) electrons. The van der Waals surface area contributed by atoms with E-state index in [1.165, 1.54) is 13.2 Å². The maximum atomic E-state index is 12.8. The van der Waals surface area contributed by atoms with Gasteiger partial charge in [0.05, 0.1) is 18.2 Å². The Morgan fingerprint density at radius 3 is 2.54 bits per heavy atom. The fraction of sp³-hybridized carbons (Fsp3) is 0.167. The second kappa shape index (κ2) is 6.99. The molecular weight excluding hydrogens is 368 g/mol. The van der Waals surface area contributed by atoms with Gasteiger partial charge in [-0.25, -0.2) is 4.79 Å². The van der Waals surface area contributed by atoms with Gasteiger partial charge in [-0.2, -0.15) is 5.10 Å². The molecule has 0 aliphatic carbocycles. The average Bonchev–Trinajstić information content (AvgIpc) is 2.91. The van der Waals surface area contributed by atoms with Crippen LogP contribution in [-0.2, 0) is 10.3 Å². The molecule has 1 aliphatic rings. The van der Waals surface area contributed by atoms with E-state index in [0.717, 1.165) is 12.3 Å². The second-order valence-electron chi connectivity index (χ2n) is 6.11. The Labute approximate surface area is 159 Å². The number of nitro benzene ring substituents is 1. The number of nitrogens with one attached hydrogen (secondary N) is 1. The summed E-state index contributed by atoms with van der Waals surface area (Å²) in [4.78, 5) is 35.2. The molecule has 10 nitrogen and oxygen atoms in total. The van der Waals surface area contributed by atoms with Gasteiger partial charge in [0.15, 0.2) is 0 Å². The fourth-order valence-corrected chi connectivity index (χ4v) is 2.79. The lowest BCUT2D eigenvalue weighted by molar-refractivity contribution is -0.398. The van der Waals surface area contributed by atoms with E-state index in [9.17, 15) is 24.8 Å². The summed E-state index contributed by atoms with van der Waals surface area (Å²) >= 11 is 0. The van der Waals surface area contributed by atoms with Gasteiger partial charge in [-0.15, -0.1) is 5.01 Å². The maximum Gasteiger partial charge on any atom is 0.346 e. The molecule has 28 heavy (non-hydrogen) atoms. The molecule has 144 valence electrons. The van der Waals surface area contributed by atoms with Gasteiger partial charge in [-0.05, 0) is 18.6 Å². The van der Waals surface area contributed by atoms with E-state index in [0.29, 0.717) is 10.6 Å². The number of amides is 3. The van der Waals surface area contributed by atoms with Crippen molar-refractivity contribution in [2.45, 2.75) is 12.5 Å². The third kappa shape index (κ3) is 3.11. The Hall–Kier alpha value is -3.95. The van der Waals surface area contributed by atoms with Crippen molar-refractivity contribution in [1.29, 1.82) is 0 Å². The number of hydrazone groups is 1. The van der Waals surface area contributed by atoms with Crippen molar-refractivity contribution < 1.29 is 24.4 Å². The second-order valence-corrected chi connectivity index (χ2v) is 6.11. The van der Waals surface area contributed by atoms with Crippen LogP contribution >= 0.6 is 0 Å². The first-order chi connectivity index (χ1) is 13.3. The molecule has 0 spiro atoms. The number of nitrogens with zero attached hydrogens (tertiary/aromatic N) is 3. The molecule has 1 N–H and O–H groups in total. The highest BCUT2D eigenvalue weighted by molar-refractivity contribution is 6.07. The van der Waals surface area contributed by atoms with Crippen molar-refractivity contribution >= 4 is 23.8 Å². The Morgan fingerprint density at radius 1 is 1.25 bits per heavy atom. The molecule has 1 atom stereocenters. The van der Waals surface area contributed by atoms with Crippen LogP contribution in [0.3, 0.4) is 0 Å². The van der Waals surface area contributed by atoms with E-state index in [1.807, 2.05) is 0 Å². The summed E-state index contributed by atoms with van der Waals surface area (Å²) in [5.74, 6) is -1.74. The Bertz CT molecular complexity index is 991. The van der Waals surface area contributed by atoms with Gasteiger partial charge in [0.1, 0.15) is 11.3 Å². The van der Waals surface area contributed by atoms with E-state index in [-0.39, 0.29) is 11.3 Å². The molecule has 3 amide bonds. The number of carbonyl (C=O) groups excluding carboxylic acids is 2. The Kier molecular flexibility index (Phi) is 4.70. The lowest BCUT2D eigenvalue weighted by Crippen LogP contribution is -2.40. The highest BCUT2D eigenvalue weighted by atomic mass is 16.6. The number of imide groups is 1. The van der Waals surface area contributed by atoms with Gasteiger partial charge >= 0.3 is 6.03 Å². The van der Waals surface area contributed by atoms with Gasteiger partial charge < -0.3 is 15.2 Å². The summed E-state index contributed by atoms with van der Waals surface area (Å²) in [5.41, 5.74) is -1.29. The van der Waals surface area contributed by atoms with Gasteiger partial charge in [-0.1, -0.05) is 30.3 Å². The summed E-state index contributed by atoms with van der Waals surface area (Å²) in [5, 5.41) is 30.0. The molecule has 3 rings (SSSR count). The third-order valence-corrected chi connectivity index (χ3v) is 4.32. The van der Waals surface area contributed by atoms with E-state index < -0.39 is 33.8 Å². The number of ether oxygens (including phenoxy) is 1. The standard InChI is InChI=1S/C18H16N4O6/c1-18(12-6-4-3-5-7-12)16(24)21(17(25)20-18)19-10-11-8-13(22(26)27)15(23)14(9-11)28-2/h3-10,23H,1-2H3,(H,20,25)/p-1/b19-10-/t18-/m0/s1. The first kappa shape index (κ1) is 18.8. The molecule has 10 heteroatoms. The smallest absolute Gasteiger partial charge is 0.346 e. The van der Waals surface area contributed by atoms with E-state index >= 15 is 0 Å². The first-order valence-electron chi connectivity index (χ1n) is 8.07. The van der Waals surface area contributed by atoms with Crippen LogP contribution in [0.5, 0.6) is 11.5 Å². The number of hydrogen-bond acceptors (Lipinski definition) is 7. The lowest BCUT2D eigenvalue weighted by atomic mass is 9.92. The number of methoxy groups -OCH3 is 1. The molecule has 1 fully saturated rings. The van der Waals surface area contributed by atoms with Crippen molar-refractivity contribution in [3.05, 3.63) is 63.7 Å². The van der Waals surface area contributed by atoms with Crippen LogP contribution in [0, 0.1) is 10.1 Å². The molecule has 2 aromatic rings. The van der Waals surface area contributed by atoms with Crippen molar-refractivity contribution in [3.63, 3.8) is 0 Å². The summed E-state index contributed by atoms with van der Waals surface area (Å²) in [6, 6.07) is 10.1. The molecule has 2 aromatic carbocycles. The van der Waals surface area contributed by atoms with Crippen LogP contribution in [0.1, 0.15) is 18.1 Å². The van der Waals surface area contributed by atoms with E-state index in [2.05, 4.69) is 10.4 Å². The predicted octanol–water partition coefficient (Wildman–Crippen LogP) is 1.48.